The van der Waals surface area contributed by atoms with Crippen LogP contribution in [0, 0.1) is 11.3 Å². The molecule has 2 nitrogen and oxygen atoms in total. The maximum Gasteiger partial charge on any atom is 0.394 e. The predicted octanol–water partition coefficient (Wildman–Crippen LogP) is 7.49. The topological polar surface area (TPSA) is 12.5 Å². The van der Waals surface area contributed by atoms with Crippen molar-refractivity contribution in [3.8, 4) is 5.75 Å². The van der Waals surface area contributed by atoms with Gasteiger partial charge < -0.3 is 9.64 Å². The van der Waals surface area contributed by atoms with Gasteiger partial charge in [-0.2, -0.15) is 8.78 Å². The minimum Gasteiger partial charge on any atom is -0.433 e. The summed E-state index contributed by atoms with van der Waals surface area (Å²) in [4.78, 5) is 2.60. The maximum absolute atomic E-state index is 13.3. The van der Waals surface area contributed by atoms with E-state index < -0.39 is 6.11 Å². The number of ether oxygens (including phenoxy) is 1. The molecule has 2 atom stereocenters. The molecule has 0 radical (unpaired) electrons. The van der Waals surface area contributed by atoms with Crippen LogP contribution in [-0.2, 0) is 0 Å². The van der Waals surface area contributed by atoms with E-state index >= 15 is 0 Å². The molecule has 1 aromatic rings. The predicted molar refractivity (Wildman–Crippen MR) is 118 cm³/mol. The first-order chi connectivity index (χ1) is 13.8. The van der Waals surface area contributed by atoms with E-state index in [1.807, 2.05) is 26.0 Å². The van der Waals surface area contributed by atoms with E-state index in [4.69, 9.17) is 4.74 Å². The van der Waals surface area contributed by atoms with Gasteiger partial charge in [-0.05, 0) is 54.8 Å². The Hall–Kier alpha value is -1.16. The van der Waals surface area contributed by atoms with E-state index in [9.17, 15) is 8.78 Å². The molecule has 1 aliphatic carbocycles. The Balaban J connectivity index is 0.00000145. The summed E-state index contributed by atoms with van der Waals surface area (Å²) < 4.78 is 31.6. The van der Waals surface area contributed by atoms with Crippen LogP contribution in [0.1, 0.15) is 91.0 Å². The summed E-state index contributed by atoms with van der Waals surface area (Å²) in [6.07, 6.45) is 5.68. The fraction of sp³-hybridized carbons (Fsp3) is 0.760. The van der Waals surface area contributed by atoms with E-state index in [1.54, 1.807) is 6.07 Å². The number of hydrogen-bond donors (Lipinski definition) is 0. The summed E-state index contributed by atoms with van der Waals surface area (Å²) in [5.41, 5.74) is 1.39. The van der Waals surface area contributed by atoms with E-state index in [0.717, 1.165) is 31.5 Å². The van der Waals surface area contributed by atoms with Crippen LogP contribution in [-0.4, -0.2) is 30.6 Å². The molecule has 0 N–H and O–H groups in total. The van der Waals surface area contributed by atoms with Crippen molar-refractivity contribution >= 4 is 0 Å². The Morgan fingerprint density at radius 3 is 2.48 bits per heavy atom. The van der Waals surface area contributed by atoms with Gasteiger partial charge >= 0.3 is 6.11 Å². The van der Waals surface area contributed by atoms with Gasteiger partial charge in [0.2, 0.25) is 0 Å². The molecule has 3 rings (SSSR count). The molecule has 4 heteroatoms. The quantitative estimate of drug-likeness (QED) is 0.462. The van der Waals surface area contributed by atoms with Crippen molar-refractivity contribution in [1.29, 1.82) is 0 Å². The van der Waals surface area contributed by atoms with E-state index in [-0.39, 0.29) is 11.2 Å². The van der Waals surface area contributed by atoms with Crippen molar-refractivity contribution in [1.82, 2.24) is 4.90 Å². The lowest BCUT2D eigenvalue weighted by Gasteiger charge is -2.43. The van der Waals surface area contributed by atoms with Crippen molar-refractivity contribution in [2.45, 2.75) is 91.6 Å². The molecule has 2 fully saturated rings. The molecule has 2 unspecified atom stereocenters. The zero-order chi connectivity index (χ0) is 21.5. The fourth-order valence-electron chi connectivity index (χ4n) is 5.11. The highest BCUT2D eigenvalue weighted by Gasteiger charge is 2.38. The monoisotopic (exact) mass is 409 g/mol. The van der Waals surface area contributed by atoms with Gasteiger partial charge in [0.25, 0.3) is 0 Å². The van der Waals surface area contributed by atoms with Gasteiger partial charge in [0.15, 0.2) is 0 Å². The second-order valence-electron chi connectivity index (χ2n) is 9.07. The molecule has 2 aliphatic rings. The molecule has 1 heterocycles. The first-order valence-electron chi connectivity index (χ1n) is 11.7. The lowest BCUT2D eigenvalue weighted by Crippen LogP contribution is -2.37. The highest BCUT2D eigenvalue weighted by Crippen LogP contribution is 2.48. The lowest BCUT2D eigenvalue weighted by atomic mass is 9.65. The van der Waals surface area contributed by atoms with Gasteiger partial charge in [-0.3, -0.25) is 0 Å². The van der Waals surface area contributed by atoms with Gasteiger partial charge in [-0.15, -0.1) is 0 Å². The summed E-state index contributed by atoms with van der Waals surface area (Å²) in [5, 5.41) is 0. The molecule has 166 valence electrons. The number of alkyl halides is 2. The molecular formula is C25H41F2NO. The van der Waals surface area contributed by atoms with Crippen molar-refractivity contribution in [2.24, 2.45) is 11.3 Å². The Labute approximate surface area is 177 Å². The summed E-state index contributed by atoms with van der Waals surface area (Å²) >= 11 is 0. The minimum absolute atomic E-state index is 0.232. The normalized spacial score (nSPS) is 23.2. The van der Waals surface area contributed by atoms with Crippen LogP contribution in [0.3, 0.4) is 0 Å². The first kappa shape index (κ1) is 24.1. The molecule has 1 aromatic carbocycles. The van der Waals surface area contributed by atoms with Crippen molar-refractivity contribution < 1.29 is 13.5 Å². The zero-order valence-electron chi connectivity index (χ0n) is 19.1. The Bertz CT molecular complexity index is 607. The van der Waals surface area contributed by atoms with Crippen molar-refractivity contribution in [3.05, 3.63) is 29.8 Å². The molecule has 29 heavy (non-hydrogen) atoms. The Morgan fingerprint density at radius 1 is 1.21 bits per heavy atom. The van der Waals surface area contributed by atoms with E-state index in [1.165, 1.54) is 51.5 Å². The maximum atomic E-state index is 13.3. The first-order valence-corrected chi connectivity index (χ1v) is 11.7. The van der Waals surface area contributed by atoms with Crippen LogP contribution in [0.4, 0.5) is 8.78 Å². The van der Waals surface area contributed by atoms with Crippen LogP contribution < -0.4 is 4.74 Å². The van der Waals surface area contributed by atoms with Gasteiger partial charge in [0.1, 0.15) is 5.75 Å². The third kappa shape index (κ3) is 6.94. The second kappa shape index (κ2) is 10.7. The lowest BCUT2D eigenvalue weighted by molar-refractivity contribution is -0.159. The average molecular weight is 410 g/mol. The largest absolute Gasteiger partial charge is 0.433 e. The smallest absolute Gasteiger partial charge is 0.394 e. The number of likely N-dealkylation sites (tertiary alicyclic amines) is 1. The fourth-order valence-corrected chi connectivity index (χ4v) is 5.11. The summed E-state index contributed by atoms with van der Waals surface area (Å²) in [5.74, 6) is 1.44. The van der Waals surface area contributed by atoms with Crippen molar-refractivity contribution in [2.75, 3.05) is 19.6 Å². The molecule has 1 aliphatic heterocycles. The summed E-state index contributed by atoms with van der Waals surface area (Å²) in [6, 6.07) is 7.48. The molecule has 1 saturated heterocycles. The second-order valence-corrected chi connectivity index (χ2v) is 9.07. The molecule has 0 amide bonds. The van der Waals surface area contributed by atoms with Crippen LogP contribution in [0.5, 0.6) is 5.75 Å². The highest BCUT2D eigenvalue weighted by atomic mass is 19.3. The van der Waals surface area contributed by atoms with Crippen LogP contribution in [0.2, 0.25) is 0 Å². The SMILES string of the molecule is CC.CCC1CCN(CC(c2cccc(OC(C)(F)F)c2)C2(C)CCCCC2)C1. The van der Waals surface area contributed by atoms with Crippen LogP contribution in [0.25, 0.3) is 0 Å². The van der Waals surface area contributed by atoms with Gasteiger partial charge in [-0.25, -0.2) is 0 Å². The van der Waals surface area contributed by atoms with Gasteiger partial charge in [0.05, 0.1) is 0 Å². The van der Waals surface area contributed by atoms with E-state index in [0.29, 0.717) is 5.92 Å². The summed E-state index contributed by atoms with van der Waals surface area (Å²) in [7, 11) is 0. The molecule has 1 saturated carbocycles. The van der Waals surface area contributed by atoms with Gasteiger partial charge in [0, 0.05) is 25.9 Å². The van der Waals surface area contributed by atoms with Crippen LogP contribution in [0.15, 0.2) is 24.3 Å². The Kier molecular flexibility index (Phi) is 8.93. The standard InChI is InChI=1S/C23H35F2NO.C2H6/c1-4-18-11-14-26(16-18)17-21(22(2)12-6-5-7-13-22)19-9-8-10-20(15-19)27-23(3,24)25;1-2/h8-10,15,18,21H,4-7,11-14,16-17H2,1-3H3;1-2H3. The minimum atomic E-state index is -3.15. The van der Waals surface area contributed by atoms with E-state index in [2.05, 4.69) is 24.8 Å². The number of halogens is 2. The molecular weight excluding hydrogens is 368 g/mol. The molecule has 0 spiro atoms. The Morgan fingerprint density at radius 2 is 1.90 bits per heavy atom. The number of rotatable bonds is 7. The third-order valence-electron chi connectivity index (χ3n) is 6.78. The number of nitrogens with zero attached hydrogens (tertiary/aromatic N) is 1. The molecule has 0 bridgehead atoms. The summed E-state index contributed by atoms with van der Waals surface area (Å²) in [6.45, 7) is 12.8. The van der Waals surface area contributed by atoms with Crippen molar-refractivity contribution in [3.63, 3.8) is 0 Å². The van der Waals surface area contributed by atoms with Gasteiger partial charge in [-0.1, -0.05) is 65.5 Å². The van der Waals surface area contributed by atoms with Crippen LogP contribution >= 0.6 is 0 Å². The number of benzene rings is 1. The molecule has 0 aromatic heterocycles. The third-order valence-corrected chi connectivity index (χ3v) is 6.78. The highest BCUT2D eigenvalue weighted by molar-refractivity contribution is 5.33. The number of hydrogen-bond acceptors (Lipinski definition) is 2. The average Bonchev–Trinajstić information content (AvgIpc) is 3.15. The zero-order valence-corrected chi connectivity index (χ0v) is 19.1.